The van der Waals surface area contributed by atoms with Crippen LogP contribution in [0.5, 0.6) is 0 Å². The van der Waals surface area contributed by atoms with Crippen LogP contribution in [0.1, 0.15) is 24.0 Å². The van der Waals surface area contributed by atoms with Gasteiger partial charge in [-0.15, -0.1) is 0 Å². The fourth-order valence-corrected chi connectivity index (χ4v) is 4.71. The van der Waals surface area contributed by atoms with Crippen LogP contribution in [-0.2, 0) is 25.2 Å². The zero-order valence-corrected chi connectivity index (χ0v) is 21.9. The van der Waals surface area contributed by atoms with Crippen LogP contribution in [0, 0.1) is 11.3 Å². The van der Waals surface area contributed by atoms with Crippen molar-refractivity contribution in [2.24, 2.45) is 0 Å². The number of carbonyl (C=O) groups is 2. The van der Waals surface area contributed by atoms with E-state index in [0.717, 1.165) is 23.9 Å². The Balaban J connectivity index is 1.85. The normalized spacial score (nSPS) is 15.6. The molecule has 3 rings (SSSR count). The number of alkyl halides is 3. The molecule has 0 saturated carbocycles. The highest BCUT2D eigenvalue weighted by atomic mass is 35.5. The molecule has 12 heteroatoms. The number of rotatable bonds is 9. The van der Waals surface area contributed by atoms with Gasteiger partial charge < -0.3 is 20.1 Å². The van der Waals surface area contributed by atoms with Crippen molar-refractivity contribution < 1.29 is 32.2 Å². The van der Waals surface area contributed by atoms with Gasteiger partial charge in [-0.1, -0.05) is 41.6 Å². The third-order valence-corrected chi connectivity index (χ3v) is 6.68. The number of benzene rings is 2. The van der Waals surface area contributed by atoms with Crippen LogP contribution < -0.4 is 10.6 Å². The van der Waals surface area contributed by atoms with Crippen molar-refractivity contribution in [3.63, 3.8) is 0 Å². The molecule has 1 aliphatic rings. The highest BCUT2D eigenvalue weighted by molar-refractivity contribution is 8.03. The van der Waals surface area contributed by atoms with E-state index in [1.165, 1.54) is 19.2 Å². The largest absolute Gasteiger partial charge is 0.460 e. The van der Waals surface area contributed by atoms with Crippen molar-refractivity contribution in [3.8, 4) is 6.07 Å². The lowest BCUT2D eigenvalue weighted by Crippen LogP contribution is -2.29. The molecule has 0 bridgehead atoms. The number of nitriles is 1. The van der Waals surface area contributed by atoms with E-state index in [1.54, 1.807) is 31.2 Å². The van der Waals surface area contributed by atoms with Crippen molar-refractivity contribution >= 4 is 40.9 Å². The van der Waals surface area contributed by atoms with E-state index in [-0.39, 0.29) is 35.8 Å². The summed E-state index contributed by atoms with van der Waals surface area (Å²) in [5.74, 6) is -2.22. The molecule has 2 aromatic carbocycles. The third kappa shape index (κ3) is 7.31. The van der Waals surface area contributed by atoms with Gasteiger partial charge in [0.15, 0.2) is 0 Å². The second kappa shape index (κ2) is 12.9. The summed E-state index contributed by atoms with van der Waals surface area (Å²) in [7, 11) is 1.47. The highest BCUT2D eigenvalue weighted by Gasteiger charge is 2.36. The molecule has 0 aliphatic carbocycles. The number of halogens is 4. The van der Waals surface area contributed by atoms with E-state index in [4.69, 9.17) is 21.1 Å². The van der Waals surface area contributed by atoms with Crippen LogP contribution in [0.15, 0.2) is 70.4 Å². The maximum Gasteiger partial charge on any atom is 0.416 e. The Kier molecular flexibility index (Phi) is 9.85. The van der Waals surface area contributed by atoms with E-state index in [1.807, 2.05) is 0 Å². The smallest absolute Gasteiger partial charge is 0.416 e. The van der Waals surface area contributed by atoms with Crippen LogP contribution in [0.25, 0.3) is 0 Å². The van der Waals surface area contributed by atoms with Gasteiger partial charge in [0, 0.05) is 23.5 Å². The fraction of sp³-hybridized carbons (Fsp3) is 0.269. The van der Waals surface area contributed by atoms with Crippen molar-refractivity contribution in [2.75, 3.05) is 31.4 Å². The summed E-state index contributed by atoms with van der Waals surface area (Å²) in [6.45, 7) is 1.86. The summed E-state index contributed by atoms with van der Waals surface area (Å²) in [5.41, 5.74) is 0.533. The lowest BCUT2D eigenvalue weighted by Gasteiger charge is -2.29. The average molecular weight is 566 g/mol. The predicted molar refractivity (Wildman–Crippen MR) is 138 cm³/mol. The number of dihydropyridines is 1. The molecular weight excluding hydrogens is 543 g/mol. The molecule has 1 heterocycles. The summed E-state index contributed by atoms with van der Waals surface area (Å²) < 4.78 is 49.2. The number of ether oxygens (including phenoxy) is 2. The Bertz CT molecular complexity index is 1300. The number of hydrogen-bond donors (Lipinski definition) is 2. The number of nitrogens with one attached hydrogen (secondary N) is 2. The molecule has 0 aromatic heterocycles. The van der Waals surface area contributed by atoms with Gasteiger partial charge >= 0.3 is 12.1 Å². The van der Waals surface area contributed by atoms with Crippen LogP contribution in [0.3, 0.4) is 0 Å². The first-order valence-electron chi connectivity index (χ1n) is 11.2. The van der Waals surface area contributed by atoms with E-state index < -0.39 is 29.5 Å². The molecule has 38 heavy (non-hydrogen) atoms. The molecule has 7 nitrogen and oxygen atoms in total. The predicted octanol–water partition coefficient (Wildman–Crippen LogP) is 5.62. The summed E-state index contributed by atoms with van der Waals surface area (Å²) >= 11 is 7.02. The van der Waals surface area contributed by atoms with Gasteiger partial charge in [-0.05, 0) is 42.8 Å². The number of amides is 1. The number of methoxy groups -OCH3 is 1. The molecule has 1 aliphatic heterocycles. The first-order chi connectivity index (χ1) is 18.0. The lowest BCUT2D eigenvalue weighted by molar-refractivity contribution is -0.140. The SMILES string of the molecule is COCCOC(=O)C1=C(C)NC(SCC(=O)Nc2cccc(C(F)(F)F)c2)=C(C#N)[C@@H]1c1ccc(Cl)cc1. The summed E-state index contributed by atoms with van der Waals surface area (Å²) in [5, 5.41) is 16.3. The minimum atomic E-state index is -4.54. The Morgan fingerprint density at radius 1 is 1.18 bits per heavy atom. The third-order valence-electron chi connectivity index (χ3n) is 5.41. The Morgan fingerprint density at radius 3 is 2.53 bits per heavy atom. The van der Waals surface area contributed by atoms with E-state index in [2.05, 4.69) is 16.7 Å². The number of carbonyl (C=O) groups excluding carboxylic acids is 2. The van der Waals surface area contributed by atoms with Crippen molar-refractivity contribution in [1.82, 2.24) is 5.32 Å². The molecule has 0 spiro atoms. The van der Waals surface area contributed by atoms with Crippen molar-refractivity contribution in [2.45, 2.75) is 19.0 Å². The number of anilines is 1. The maximum absolute atomic E-state index is 13.0. The number of esters is 1. The van der Waals surface area contributed by atoms with Gasteiger partial charge in [0.25, 0.3) is 0 Å². The minimum Gasteiger partial charge on any atom is -0.460 e. The average Bonchev–Trinajstić information content (AvgIpc) is 2.87. The molecule has 2 N–H and O–H groups in total. The number of hydrogen-bond acceptors (Lipinski definition) is 7. The van der Waals surface area contributed by atoms with Gasteiger partial charge in [-0.3, -0.25) is 4.79 Å². The molecule has 1 atom stereocenters. The topological polar surface area (TPSA) is 100 Å². The zero-order valence-electron chi connectivity index (χ0n) is 20.3. The van der Waals surface area contributed by atoms with Crippen molar-refractivity contribution in [3.05, 3.63) is 86.6 Å². The summed E-state index contributed by atoms with van der Waals surface area (Å²) in [6, 6.07) is 13.1. The number of allylic oxidation sites excluding steroid dienone is 2. The van der Waals surface area contributed by atoms with Gasteiger partial charge in [0.2, 0.25) is 5.91 Å². The molecule has 1 amide bonds. The van der Waals surface area contributed by atoms with E-state index >= 15 is 0 Å². The molecule has 0 unspecified atom stereocenters. The van der Waals surface area contributed by atoms with Crippen LogP contribution >= 0.6 is 23.4 Å². The summed E-state index contributed by atoms with van der Waals surface area (Å²) in [6.07, 6.45) is -4.54. The second-order valence-corrected chi connectivity index (χ2v) is 9.47. The zero-order chi connectivity index (χ0) is 27.9. The summed E-state index contributed by atoms with van der Waals surface area (Å²) in [4.78, 5) is 25.5. The van der Waals surface area contributed by atoms with Crippen LogP contribution in [-0.4, -0.2) is 38.0 Å². The molecular formula is C26H23ClF3N3O4S. The highest BCUT2D eigenvalue weighted by Crippen LogP contribution is 2.41. The Morgan fingerprint density at radius 2 is 1.89 bits per heavy atom. The second-order valence-electron chi connectivity index (χ2n) is 8.05. The Hall–Kier alpha value is -3.46. The minimum absolute atomic E-state index is 0.00674. The quantitative estimate of drug-likeness (QED) is 0.301. The Labute approximate surface area is 226 Å². The van der Waals surface area contributed by atoms with Gasteiger partial charge in [0.05, 0.1) is 46.1 Å². The number of thioether (sulfide) groups is 1. The van der Waals surface area contributed by atoms with Crippen LogP contribution in [0.4, 0.5) is 18.9 Å². The molecule has 2 aromatic rings. The van der Waals surface area contributed by atoms with Gasteiger partial charge in [-0.2, -0.15) is 18.4 Å². The first kappa shape index (κ1) is 29.1. The molecule has 0 saturated heterocycles. The monoisotopic (exact) mass is 565 g/mol. The van der Waals surface area contributed by atoms with Crippen LogP contribution in [0.2, 0.25) is 5.02 Å². The first-order valence-corrected chi connectivity index (χ1v) is 12.5. The fourth-order valence-electron chi connectivity index (χ4n) is 3.69. The maximum atomic E-state index is 13.0. The molecule has 0 radical (unpaired) electrons. The van der Waals surface area contributed by atoms with Crippen molar-refractivity contribution in [1.29, 1.82) is 5.26 Å². The molecule has 200 valence electrons. The van der Waals surface area contributed by atoms with E-state index in [9.17, 15) is 28.0 Å². The van der Waals surface area contributed by atoms with Gasteiger partial charge in [-0.25, -0.2) is 4.79 Å². The molecule has 0 fully saturated rings. The lowest BCUT2D eigenvalue weighted by atomic mass is 9.82. The standard InChI is InChI=1S/C26H23ClF3N3O4S/c1-15-22(25(35)37-11-10-36-2)23(16-6-8-18(27)9-7-16)20(13-31)24(32-15)38-14-21(34)33-19-5-3-4-17(12-19)26(28,29)30/h3-9,12,23,32H,10-11,14H2,1-2H3,(H,33,34)/t23-/m0/s1. The number of nitrogens with zero attached hydrogens (tertiary/aromatic N) is 1. The van der Waals surface area contributed by atoms with E-state index in [0.29, 0.717) is 21.3 Å². The van der Waals surface area contributed by atoms with Gasteiger partial charge in [0.1, 0.15) is 6.61 Å².